The first kappa shape index (κ1) is 14.9. The molecule has 0 heterocycles. The predicted molar refractivity (Wildman–Crippen MR) is 70.0 cm³/mol. The summed E-state index contributed by atoms with van der Waals surface area (Å²) < 4.78 is 19.1. The predicted octanol–water partition coefficient (Wildman–Crippen LogP) is 3.47. The normalized spacial score (nSPS) is 13.2. The number of halogens is 1. The quantitative estimate of drug-likeness (QED) is 0.602. The van der Waals surface area contributed by atoms with E-state index in [2.05, 4.69) is 6.58 Å². The Kier molecular flexibility index (Phi) is 5.25. The van der Waals surface area contributed by atoms with Crippen LogP contribution in [0.5, 0.6) is 0 Å². The number of rotatable bonds is 5. The van der Waals surface area contributed by atoms with E-state index in [-0.39, 0.29) is 17.2 Å². The Morgan fingerprint density at radius 3 is 2.53 bits per heavy atom. The second-order valence-electron chi connectivity index (χ2n) is 4.25. The van der Waals surface area contributed by atoms with E-state index in [1.165, 1.54) is 24.3 Å². The summed E-state index contributed by atoms with van der Waals surface area (Å²) in [7, 11) is 0. The highest BCUT2D eigenvalue weighted by Crippen LogP contribution is 2.26. The molecule has 0 aromatic heterocycles. The number of hydrogen-bond acceptors (Lipinski definition) is 3. The van der Waals surface area contributed by atoms with Gasteiger partial charge in [0.1, 0.15) is 0 Å². The number of ether oxygens (including phenoxy) is 1. The van der Waals surface area contributed by atoms with Crippen molar-refractivity contribution in [2.45, 2.75) is 32.5 Å². The van der Waals surface area contributed by atoms with Crippen molar-refractivity contribution in [1.29, 1.82) is 5.26 Å². The molecule has 1 aromatic carbocycles. The van der Waals surface area contributed by atoms with Gasteiger partial charge in [-0.15, -0.1) is 0 Å². The van der Waals surface area contributed by atoms with Crippen LogP contribution in [0, 0.1) is 11.3 Å². The highest BCUT2D eigenvalue weighted by molar-refractivity contribution is 5.89. The molecule has 0 spiro atoms. The topological polar surface area (TPSA) is 50.1 Å². The van der Waals surface area contributed by atoms with Gasteiger partial charge in [0.2, 0.25) is 0 Å². The van der Waals surface area contributed by atoms with Crippen molar-refractivity contribution in [3.8, 4) is 6.07 Å². The lowest BCUT2D eigenvalue weighted by molar-refractivity contribution is -0.144. The van der Waals surface area contributed by atoms with Gasteiger partial charge in [0.25, 0.3) is 0 Å². The van der Waals surface area contributed by atoms with Crippen LogP contribution in [0.4, 0.5) is 4.39 Å². The molecule has 1 aromatic rings. The summed E-state index contributed by atoms with van der Waals surface area (Å²) in [5.41, 5.74) is 0.485. The fourth-order valence-electron chi connectivity index (χ4n) is 1.37. The highest BCUT2D eigenvalue weighted by atomic mass is 19.1. The average molecular weight is 261 g/mol. The minimum absolute atomic E-state index is 0.231. The van der Waals surface area contributed by atoms with Crippen molar-refractivity contribution in [3.05, 3.63) is 47.5 Å². The van der Waals surface area contributed by atoms with Crippen LogP contribution < -0.4 is 0 Å². The third kappa shape index (κ3) is 3.92. The van der Waals surface area contributed by atoms with E-state index in [0.29, 0.717) is 12.0 Å². The second kappa shape index (κ2) is 6.69. The Bertz CT molecular complexity index is 502. The molecule has 100 valence electrons. The van der Waals surface area contributed by atoms with Crippen LogP contribution in [0.1, 0.15) is 37.6 Å². The van der Waals surface area contributed by atoms with Crippen molar-refractivity contribution < 1.29 is 13.9 Å². The second-order valence-corrected chi connectivity index (χ2v) is 4.25. The summed E-state index contributed by atoms with van der Waals surface area (Å²) in [5.74, 6) is -0.730. The molecular formula is C15H16FNO2. The van der Waals surface area contributed by atoms with Gasteiger partial charge in [0.05, 0.1) is 23.3 Å². The van der Waals surface area contributed by atoms with Crippen LogP contribution >= 0.6 is 0 Å². The number of hydrogen-bond donors (Lipinski definition) is 0. The average Bonchev–Trinajstić information content (AvgIpc) is 2.45. The van der Waals surface area contributed by atoms with Crippen molar-refractivity contribution in [2.24, 2.45) is 0 Å². The largest absolute Gasteiger partial charge is 0.459 e. The maximum atomic E-state index is 14.1. The van der Waals surface area contributed by atoms with Gasteiger partial charge in [-0.3, -0.25) is 0 Å². The molecule has 2 atom stereocenters. The van der Waals surface area contributed by atoms with E-state index in [4.69, 9.17) is 10.00 Å². The molecule has 0 aliphatic rings. The van der Waals surface area contributed by atoms with Crippen LogP contribution in [0.2, 0.25) is 0 Å². The molecule has 3 nitrogen and oxygen atoms in total. The fraction of sp³-hybridized carbons (Fsp3) is 0.333. The number of benzene rings is 1. The van der Waals surface area contributed by atoms with Gasteiger partial charge in [0, 0.05) is 0 Å². The van der Waals surface area contributed by atoms with Crippen LogP contribution in [0.15, 0.2) is 36.4 Å². The van der Waals surface area contributed by atoms with Crippen LogP contribution in [0.25, 0.3) is 0 Å². The molecular weight excluding hydrogens is 245 g/mol. The van der Waals surface area contributed by atoms with E-state index < -0.39 is 12.1 Å². The molecule has 0 bridgehead atoms. The monoisotopic (exact) mass is 261 g/mol. The van der Waals surface area contributed by atoms with Gasteiger partial charge in [-0.25, -0.2) is 9.18 Å². The standard InChI is InChI=1S/C15H16FNO2/c1-4-10(2)19-15(18)11(3)14(16)13-7-5-12(9-17)6-8-13/h5-8,10,14H,3-4H2,1-2H3. The molecule has 0 N–H and O–H groups in total. The van der Waals surface area contributed by atoms with Gasteiger partial charge in [-0.05, 0) is 31.0 Å². The molecule has 0 fully saturated rings. The van der Waals surface area contributed by atoms with E-state index >= 15 is 0 Å². The van der Waals surface area contributed by atoms with Gasteiger partial charge in [-0.1, -0.05) is 25.6 Å². The molecule has 4 heteroatoms. The Morgan fingerprint density at radius 1 is 1.47 bits per heavy atom. The van der Waals surface area contributed by atoms with Crippen LogP contribution in [-0.2, 0) is 9.53 Å². The zero-order valence-electron chi connectivity index (χ0n) is 11.0. The summed E-state index contributed by atoms with van der Waals surface area (Å²) in [6, 6.07) is 7.86. The molecule has 0 aliphatic heterocycles. The maximum absolute atomic E-state index is 14.1. The lowest BCUT2D eigenvalue weighted by Gasteiger charge is -2.15. The lowest BCUT2D eigenvalue weighted by Crippen LogP contribution is -2.17. The Balaban J connectivity index is 2.76. The first-order valence-corrected chi connectivity index (χ1v) is 6.03. The van der Waals surface area contributed by atoms with Gasteiger partial charge >= 0.3 is 5.97 Å². The summed E-state index contributed by atoms with van der Waals surface area (Å²) in [6.45, 7) is 7.05. The van der Waals surface area contributed by atoms with E-state index in [0.717, 1.165) is 0 Å². The summed E-state index contributed by atoms with van der Waals surface area (Å²) >= 11 is 0. The number of nitriles is 1. The number of carbonyl (C=O) groups excluding carboxylic acids is 1. The Hall–Kier alpha value is -2.15. The first-order valence-electron chi connectivity index (χ1n) is 6.03. The van der Waals surface area contributed by atoms with Gasteiger partial charge in [0.15, 0.2) is 6.17 Å². The molecule has 0 amide bonds. The zero-order chi connectivity index (χ0) is 14.4. The summed E-state index contributed by atoms with van der Waals surface area (Å²) in [5, 5.41) is 8.66. The van der Waals surface area contributed by atoms with Crippen LogP contribution in [0.3, 0.4) is 0 Å². The Morgan fingerprint density at radius 2 is 2.05 bits per heavy atom. The molecule has 0 saturated carbocycles. The SMILES string of the molecule is C=C(C(=O)OC(C)CC)C(F)c1ccc(C#N)cc1. The molecule has 1 rings (SSSR count). The molecule has 0 radical (unpaired) electrons. The Labute approximate surface area is 112 Å². The van der Waals surface area contributed by atoms with Crippen molar-refractivity contribution in [1.82, 2.24) is 0 Å². The number of esters is 1. The van der Waals surface area contributed by atoms with Crippen molar-refractivity contribution in [2.75, 3.05) is 0 Å². The zero-order valence-corrected chi connectivity index (χ0v) is 11.0. The third-order valence-electron chi connectivity index (χ3n) is 2.78. The maximum Gasteiger partial charge on any atom is 0.336 e. The van der Waals surface area contributed by atoms with Gasteiger partial charge in [-0.2, -0.15) is 5.26 Å². The minimum atomic E-state index is -1.62. The van der Waals surface area contributed by atoms with E-state index in [9.17, 15) is 9.18 Å². The van der Waals surface area contributed by atoms with Crippen molar-refractivity contribution >= 4 is 5.97 Å². The van der Waals surface area contributed by atoms with E-state index in [1.807, 2.05) is 13.0 Å². The fourth-order valence-corrected chi connectivity index (χ4v) is 1.37. The number of nitrogens with zero attached hydrogens (tertiary/aromatic N) is 1. The summed E-state index contributed by atoms with van der Waals surface area (Å²) in [4.78, 5) is 11.6. The lowest BCUT2D eigenvalue weighted by atomic mass is 10.0. The molecule has 2 unspecified atom stereocenters. The summed E-state index contributed by atoms with van der Waals surface area (Å²) in [6.07, 6.45) is -1.23. The third-order valence-corrected chi connectivity index (χ3v) is 2.78. The van der Waals surface area contributed by atoms with Crippen LogP contribution in [-0.4, -0.2) is 12.1 Å². The molecule has 19 heavy (non-hydrogen) atoms. The molecule has 0 aliphatic carbocycles. The molecule has 0 saturated heterocycles. The minimum Gasteiger partial charge on any atom is -0.459 e. The van der Waals surface area contributed by atoms with E-state index in [1.54, 1.807) is 6.92 Å². The first-order chi connectivity index (χ1) is 8.99. The smallest absolute Gasteiger partial charge is 0.336 e. The number of carbonyl (C=O) groups is 1. The van der Waals surface area contributed by atoms with Crippen molar-refractivity contribution in [3.63, 3.8) is 0 Å². The van der Waals surface area contributed by atoms with Gasteiger partial charge < -0.3 is 4.74 Å². The number of alkyl halides is 1. The highest BCUT2D eigenvalue weighted by Gasteiger charge is 2.22.